The van der Waals surface area contributed by atoms with Gasteiger partial charge in [0.1, 0.15) is 23.0 Å². The highest BCUT2D eigenvalue weighted by Gasteiger charge is 2.16. The van der Waals surface area contributed by atoms with E-state index in [0.717, 1.165) is 41.1 Å². The number of nitrogens with two attached hydrogens (primary N) is 1. The molecule has 4 N–H and O–H groups in total. The van der Waals surface area contributed by atoms with E-state index >= 15 is 0 Å². The summed E-state index contributed by atoms with van der Waals surface area (Å²) >= 11 is 3.27. The van der Waals surface area contributed by atoms with Crippen molar-refractivity contribution in [1.29, 1.82) is 0 Å². The second-order valence-electron chi connectivity index (χ2n) is 7.40. The van der Waals surface area contributed by atoms with E-state index in [-0.39, 0.29) is 17.9 Å². The van der Waals surface area contributed by atoms with Crippen molar-refractivity contribution >= 4 is 23.5 Å². The van der Waals surface area contributed by atoms with E-state index in [2.05, 4.69) is 10.6 Å². The van der Waals surface area contributed by atoms with Crippen LogP contribution in [0.25, 0.3) is 0 Å². The largest absolute Gasteiger partial charge is 0.464 e. The molecule has 2 rings (SSSR count). The van der Waals surface area contributed by atoms with Crippen LogP contribution >= 0.6 is 23.5 Å². The second-order valence-corrected chi connectivity index (χ2v) is 9.61. The van der Waals surface area contributed by atoms with Crippen LogP contribution < -0.4 is 16.4 Å². The minimum atomic E-state index is -0.399. The normalized spacial score (nSPS) is 12.2. The Labute approximate surface area is 197 Å². The van der Waals surface area contributed by atoms with Crippen LogP contribution in [-0.4, -0.2) is 49.0 Å². The molecular weight excluding hydrogens is 450 g/mol. The van der Waals surface area contributed by atoms with Crippen LogP contribution in [-0.2, 0) is 24.6 Å². The van der Waals surface area contributed by atoms with Gasteiger partial charge in [0.05, 0.1) is 35.9 Å². The molecule has 9 nitrogen and oxygen atoms in total. The SMILES string of the molecule is CNCc1ccc(CSCCNC(N)=C(CCSCc2ccc(CN(C)C)o2)[N+](=O)[O-])o1. The molecule has 32 heavy (non-hydrogen) atoms. The number of rotatable bonds is 16. The minimum absolute atomic E-state index is 0.0259. The maximum atomic E-state index is 11.4. The van der Waals surface area contributed by atoms with Crippen molar-refractivity contribution in [3.8, 4) is 0 Å². The Morgan fingerprint density at radius 3 is 2.28 bits per heavy atom. The number of nitrogens with zero attached hydrogens (tertiary/aromatic N) is 2. The Morgan fingerprint density at radius 1 is 1.06 bits per heavy atom. The minimum Gasteiger partial charge on any atom is -0.464 e. The number of hydrogen-bond acceptors (Lipinski definition) is 10. The maximum Gasteiger partial charge on any atom is 0.286 e. The molecule has 0 fully saturated rings. The Morgan fingerprint density at radius 2 is 1.66 bits per heavy atom. The number of nitrogens with one attached hydrogen (secondary N) is 2. The van der Waals surface area contributed by atoms with Crippen LogP contribution in [0.5, 0.6) is 0 Å². The average Bonchev–Trinajstić information content (AvgIpc) is 3.36. The van der Waals surface area contributed by atoms with Crippen molar-refractivity contribution in [2.75, 3.05) is 39.2 Å². The summed E-state index contributed by atoms with van der Waals surface area (Å²) in [5.41, 5.74) is 5.98. The van der Waals surface area contributed by atoms with Crippen molar-refractivity contribution in [2.24, 2.45) is 5.73 Å². The molecule has 0 aliphatic heterocycles. The number of thioether (sulfide) groups is 2. The first-order chi connectivity index (χ1) is 15.4. The van der Waals surface area contributed by atoms with Gasteiger partial charge in [0.15, 0.2) is 5.82 Å². The third-order valence-electron chi connectivity index (χ3n) is 4.32. The van der Waals surface area contributed by atoms with Crippen molar-refractivity contribution in [2.45, 2.75) is 31.0 Å². The van der Waals surface area contributed by atoms with Crippen LogP contribution in [0.3, 0.4) is 0 Å². The van der Waals surface area contributed by atoms with E-state index in [0.29, 0.717) is 24.6 Å². The van der Waals surface area contributed by atoms with E-state index in [9.17, 15) is 10.1 Å². The molecule has 0 bridgehead atoms. The number of hydrogen-bond donors (Lipinski definition) is 3. The lowest BCUT2D eigenvalue weighted by molar-refractivity contribution is -0.429. The van der Waals surface area contributed by atoms with Crippen molar-refractivity contribution in [1.82, 2.24) is 15.5 Å². The zero-order valence-electron chi connectivity index (χ0n) is 18.9. The zero-order chi connectivity index (χ0) is 23.3. The van der Waals surface area contributed by atoms with Gasteiger partial charge < -0.3 is 30.1 Å². The van der Waals surface area contributed by atoms with Crippen molar-refractivity contribution < 1.29 is 13.8 Å². The molecule has 0 radical (unpaired) electrons. The molecule has 0 unspecified atom stereocenters. The summed E-state index contributed by atoms with van der Waals surface area (Å²) in [5.74, 6) is 6.50. The summed E-state index contributed by atoms with van der Waals surface area (Å²) in [5, 5.41) is 17.4. The van der Waals surface area contributed by atoms with E-state index in [1.54, 1.807) is 23.5 Å². The lowest BCUT2D eigenvalue weighted by Gasteiger charge is -2.08. The molecule has 2 aromatic heterocycles. The molecule has 0 saturated carbocycles. The van der Waals surface area contributed by atoms with E-state index in [1.807, 2.05) is 50.3 Å². The summed E-state index contributed by atoms with van der Waals surface area (Å²) in [6.07, 6.45) is 0.287. The summed E-state index contributed by atoms with van der Waals surface area (Å²) in [6.45, 7) is 2.00. The van der Waals surface area contributed by atoms with Crippen LogP contribution in [0.1, 0.15) is 29.5 Å². The molecule has 178 valence electrons. The highest BCUT2D eigenvalue weighted by Crippen LogP contribution is 2.19. The van der Waals surface area contributed by atoms with Gasteiger partial charge in [0.25, 0.3) is 5.70 Å². The van der Waals surface area contributed by atoms with Gasteiger partial charge >= 0.3 is 0 Å². The van der Waals surface area contributed by atoms with Gasteiger partial charge in [-0.2, -0.15) is 23.5 Å². The first-order valence-electron chi connectivity index (χ1n) is 10.4. The fraction of sp³-hybridized carbons (Fsp3) is 0.524. The predicted molar refractivity (Wildman–Crippen MR) is 131 cm³/mol. The summed E-state index contributed by atoms with van der Waals surface area (Å²) in [6, 6.07) is 7.84. The molecule has 2 aromatic rings. The first-order valence-corrected chi connectivity index (χ1v) is 12.7. The van der Waals surface area contributed by atoms with Crippen LogP contribution in [0.15, 0.2) is 44.6 Å². The summed E-state index contributed by atoms with van der Waals surface area (Å²) < 4.78 is 11.4. The molecule has 0 atom stereocenters. The zero-order valence-corrected chi connectivity index (χ0v) is 20.5. The van der Waals surface area contributed by atoms with Gasteiger partial charge in [-0.25, -0.2) is 0 Å². The standard InChI is InChI=1S/C21H33N5O4S2/c1-23-12-16-4-6-18(29-16)15-32-11-9-24-21(22)20(26(27)28)8-10-31-14-19-7-5-17(30-19)13-25(2)3/h4-7,23-24H,8-15,22H2,1-3H3. The van der Waals surface area contributed by atoms with Gasteiger partial charge in [-0.15, -0.1) is 0 Å². The predicted octanol–water partition coefficient (Wildman–Crippen LogP) is 3.20. The van der Waals surface area contributed by atoms with E-state index in [4.69, 9.17) is 14.6 Å². The smallest absolute Gasteiger partial charge is 0.286 e. The highest BCUT2D eigenvalue weighted by atomic mass is 32.2. The fourth-order valence-electron chi connectivity index (χ4n) is 2.86. The molecule has 0 aliphatic rings. The third-order valence-corrected chi connectivity index (χ3v) is 6.29. The highest BCUT2D eigenvalue weighted by molar-refractivity contribution is 7.98. The molecule has 0 amide bonds. The third kappa shape index (κ3) is 9.60. The molecule has 2 heterocycles. The van der Waals surface area contributed by atoms with Crippen LogP contribution in [0.4, 0.5) is 0 Å². The second kappa shape index (κ2) is 14.1. The van der Waals surface area contributed by atoms with Gasteiger partial charge in [-0.3, -0.25) is 10.1 Å². The van der Waals surface area contributed by atoms with Crippen molar-refractivity contribution in [3.63, 3.8) is 0 Å². The Kier molecular flexibility index (Phi) is 11.6. The fourth-order valence-corrected chi connectivity index (χ4v) is 4.45. The monoisotopic (exact) mass is 483 g/mol. The van der Waals surface area contributed by atoms with E-state index in [1.165, 1.54) is 0 Å². The summed E-state index contributed by atoms with van der Waals surface area (Å²) in [7, 11) is 5.85. The summed E-state index contributed by atoms with van der Waals surface area (Å²) in [4.78, 5) is 13.1. The lowest BCUT2D eigenvalue weighted by Crippen LogP contribution is -2.26. The maximum absolute atomic E-state index is 11.4. The van der Waals surface area contributed by atoms with Crippen molar-refractivity contribution in [3.05, 3.63) is 68.9 Å². The van der Waals surface area contributed by atoms with Gasteiger partial charge in [0, 0.05) is 18.1 Å². The van der Waals surface area contributed by atoms with Gasteiger partial charge in [-0.1, -0.05) is 0 Å². The number of furan rings is 2. The van der Waals surface area contributed by atoms with Gasteiger partial charge in [0.2, 0.25) is 0 Å². The molecular formula is C21H33N5O4S2. The molecule has 0 aliphatic carbocycles. The van der Waals surface area contributed by atoms with Crippen LogP contribution in [0, 0.1) is 10.1 Å². The quantitative estimate of drug-likeness (QED) is 0.186. The molecule has 11 heteroatoms. The van der Waals surface area contributed by atoms with E-state index < -0.39 is 4.92 Å². The topological polar surface area (TPSA) is 123 Å². The Bertz CT molecular complexity index is 866. The number of nitro groups is 1. The molecule has 0 spiro atoms. The Hall–Kier alpha value is -2.08. The molecule has 0 saturated heterocycles. The van der Waals surface area contributed by atoms with Crippen LogP contribution in [0.2, 0.25) is 0 Å². The Balaban J connectivity index is 1.68. The van der Waals surface area contributed by atoms with Gasteiger partial charge in [-0.05, 0) is 45.4 Å². The molecule has 0 aromatic carbocycles. The lowest BCUT2D eigenvalue weighted by atomic mass is 10.3. The number of allylic oxidation sites excluding steroid dienone is 1. The average molecular weight is 484 g/mol. The first kappa shape index (κ1) is 26.2.